The molecule has 0 unspecified atom stereocenters. The lowest BCUT2D eigenvalue weighted by atomic mass is 9.93. The molecule has 0 bridgehead atoms. The molecule has 2 heterocycles. The molecular weight excluding hydrogens is 399 g/mol. The van der Waals surface area contributed by atoms with Gasteiger partial charge in [0.15, 0.2) is 0 Å². The number of unbranched alkanes of at least 4 members (excludes halogenated alkanes) is 2. The Morgan fingerprint density at radius 2 is 1.87 bits per heavy atom. The molecule has 0 aliphatic carbocycles. The molecule has 0 radical (unpaired) electrons. The van der Waals surface area contributed by atoms with Crippen molar-refractivity contribution in [2.75, 3.05) is 19.6 Å². The predicted molar refractivity (Wildman–Crippen MR) is 119 cm³/mol. The quantitative estimate of drug-likeness (QED) is 0.550. The second-order valence-electron chi connectivity index (χ2n) is 7.86. The van der Waals surface area contributed by atoms with Crippen LogP contribution in [0, 0.1) is 5.82 Å². The molecule has 1 aromatic carbocycles. The van der Waals surface area contributed by atoms with Gasteiger partial charge in [0, 0.05) is 24.4 Å². The van der Waals surface area contributed by atoms with Gasteiger partial charge in [-0.25, -0.2) is 4.39 Å². The van der Waals surface area contributed by atoms with Gasteiger partial charge in [-0.3, -0.25) is 9.59 Å². The molecular formula is C24H31FN2O2S. The first-order chi connectivity index (χ1) is 14.5. The van der Waals surface area contributed by atoms with Gasteiger partial charge in [-0.15, -0.1) is 11.3 Å². The molecule has 0 N–H and O–H groups in total. The SMILES string of the molecule is CCCCC(=O)N(CCCC)CC(=O)N1CCc2sccc2[C@H]1c1ccc(F)cc1. The Labute approximate surface area is 182 Å². The van der Waals surface area contributed by atoms with E-state index in [4.69, 9.17) is 0 Å². The van der Waals surface area contributed by atoms with E-state index in [1.54, 1.807) is 28.4 Å². The van der Waals surface area contributed by atoms with Crippen LogP contribution in [0.3, 0.4) is 0 Å². The monoisotopic (exact) mass is 430 g/mol. The number of carbonyl (C=O) groups is 2. The Morgan fingerprint density at radius 1 is 1.13 bits per heavy atom. The number of fused-ring (bicyclic) bond motifs is 1. The maximum Gasteiger partial charge on any atom is 0.242 e. The van der Waals surface area contributed by atoms with Crippen molar-refractivity contribution in [1.82, 2.24) is 9.80 Å². The first-order valence-electron chi connectivity index (χ1n) is 10.9. The van der Waals surface area contributed by atoms with Crippen molar-refractivity contribution in [3.63, 3.8) is 0 Å². The standard InChI is InChI=1S/C24H31FN2O2S/c1-3-5-7-22(28)26(14-6-4-2)17-23(29)27-15-12-21-20(13-16-30-21)24(27)18-8-10-19(25)11-9-18/h8-11,13,16,24H,3-7,12,14-15,17H2,1-2H3/t24-/m1/s1. The third-order valence-electron chi connectivity index (χ3n) is 5.68. The molecule has 3 rings (SSSR count). The van der Waals surface area contributed by atoms with Gasteiger partial charge in [-0.2, -0.15) is 0 Å². The van der Waals surface area contributed by atoms with E-state index < -0.39 is 0 Å². The van der Waals surface area contributed by atoms with E-state index in [1.807, 2.05) is 4.90 Å². The van der Waals surface area contributed by atoms with E-state index >= 15 is 0 Å². The van der Waals surface area contributed by atoms with E-state index in [0.29, 0.717) is 19.5 Å². The van der Waals surface area contributed by atoms with Gasteiger partial charge in [0.25, 0.3) is 0 Å². The summed E-state index contributed by atoms with van der Waals surface area (Å²) in [6.07, 6.45) is 4.97. The van der Waals surface area contributed by atoms with Crippen molar-refractivity contribution in [3.8, 4) is 0 Å². The first kappa shape index (κ1) is 22.5. The Bertz CT molecular complexity index is 849. The summed E-state index contributed by atoms with van der Waals surface area (Å²) in [4.78, 5) is 31.0. The first-order valence-corrected chi connectivity index (χ1v) is 11.8. The Balaban J connectivity index is 1.82. The highest BCUT2D eigenvalue weighted by Crippen LogP contribution is 2.37. The van der Waals surface area contributed by atoms with Gasteiger partial charge in [0.2, 0.25) is 11.8 Å². The molecule has 1 atom stereocenters. The van der Waals surface area contributed by atoms with Crippen LogP contribution in [0.15, 0.2) is 35.7 Å². The number of carbonyl (C=O) groups excluding carboxylic acids is 2. The van der Waals surface area contributed by atoms with Gasteiger partial charge in [-0.05, 0) is 54.0 Å². The summed E-state index contributed by atoms with van der Waals surface area (Å²) >= 11 is 1.70. The summed E-state index contributed by atoms with van der Waals surface area (Å²) in [7, 11) is 0. The molecule has 30 heavy (non-hydrogen) atoms. The molecule has 2 aromatic rings. The molecule has 0 saturated carbocycles. The maximum atomic E-state index is 13.5. The zero-order chi connectivity index (χ0) is 21.5. The van der Waals surface area contributed by atoms with Crippen molar-refractivity contribution in [2.45, 2.75) is 58.4 Å². The smallest absolute Gasteiger partial charge is 0.242 e. The fraction of sp³-hybridized carbons (Fsp3) is 0.500. The minimum absolute atomic E-state index is 0.0397. The van der Waals surface area contributed by atoms with Gasteiger partial charge < -0.3 is 9.80 Å². The second-order valence-corrected chi connectivity index (χ2v) is 8.86. The fourth-order valence-corrected chi connectivity index (χ4v) is 4.87. The molecule has 4 nitrogen and oxygen atoms in total. The third-order valence-corrected chi connectivity index (χ3v) is 6.67. The summed E-state index contributed by atoms with van der Waals surface area (Å²) in [5.41, 5.74) is 2.02. The van der Waals surface area contributed by atoms with Crippen molar-refractivity contribution < 1.29 is 14.0 Å². The number of amides is 2. The average molecular weight is 431 g/mol. The number of thiophene rings is 1. The van der Waals surface area contributed by atoms with Gasteiger partial charge >= 0.3 is 0 Å². The maximum absolute atomic E-state index is 13.5. The van der Waals surface area contributed by atoms with E-state index in [9.17, 15) is 14.0 Å². The van der Waals surface area contributed by atoms with Gasteiger partial charge in [0.05, 0.1) is 12.6 Å². The lowest BCUT2D eigenvalue weighted by Crippen LogP contribution is -2.47. The van der Waals surface area contributed by atoms with Crippen LogP contribution in [-0.4, -0.2) is 41.2 Å². The highest BCUT2D eigenvalue weighted by atomic mass is 32.1. The molecule has 1 aromatic heterocycles. The number of halogens is 1. The highest BCUT2D eigenvalue weighted by molar-refractivity contribution is 7.10. The van der Waals surface area contributed by atoms with Gasteiger partial charge in [-0.1, -0.05) is 38.8 Å². The van der Waals surface area contributed by atoms with Crippen molar-refractivity contribution in [1.29, 1.82) is 0 Å². The third kappa shape index (κ3) is 5.28. The van der Waals surface area contributed by atoms with Crippen LogP contribution >= 0.6 is 11.3 Å². The largest absolute Gasteiger partial charge is 0.333 e. The molecule has 1 aliphatic heterocycles. The van der Waals surface area contributed by atoms with Crippen LogP contribution < -0.4 is 0 Å². The van der Waals surface area contributed by atoms with Crippen molar-refractivity contribution in [3.05, 3.63) is 57.5 Å². The summed E-state index contributed by atoms with van der Waals surface area (Å²) < 4.78 is 13.5. The van der Waals surface area contributed by atoms with E-state index in [0.717, 1.165) is 43.2 Å². The number of hydrogen-bond donors (Lipinski definition) is 0. The second kappa shape index (κ2) is 10.7. The minimum atomic E-state index is -0.287. The number of hydrogen-bond acceptors (Lipinski definition) is 3. The Morgan fingerprint density at radius 3 is 2.57 bits per heavy atom. The molecule has 6 heteroatoms. The zero-order valence-electron chi connectivity index (χ0n) is 17.9. The average Bonchev–Trinajstić information content (AvgIpc) is 3.23. The topological polar surface area (TPSA) is 40.6 Å². The van der Waals surface area contributed by atoms with Crippen molar-refractivity contribution >= 4 is 23.2 Å². The highest BCUT2D eigenvalue weighted by Gasteiger charge is 2.33. The normalized spacial score (nSPS) is 15.7. The molecule has 0 fully saturated rings. The molecule has 0 saturated heterocycles. The Hall–Kier alpha value is -2.21. The molecule has 2 amide bonds. The zero-order valence-corrected chi connectivity index (χ0v) is 18.7. The molecule has 1 aliphatic rings. The van der Waals surface area contributed by atoms with Crippen LogP contribution in [0.2, 0.25) is 0 Å². The van der Waals surface area contributed by atoms with E-state index in [-0.39, 0.29) is 30.2 Å². The number of benzene rings is 1. The van der Waals surface area contributed by atoms with Crippen LogP contribution in [0.1, 0.15) is 68.0 Å². The lowest BCUT2D eigenvalue weighted by molar-refractivity contribution is -0.141. The van der Waals surface area contributed by atoms with Crippen LogP contribution in [0.5, 0.6) is 0 Å². The number of rotatable bonds is 9. The van der Waals surface area contributed by atoms with Crippen LogP contribution in [0.4, 0.5) is 4.39 Å². The summed E-state index contributed by atoms with van der Waals surface area (Å²) in [5, 5.41) is 2.05. The van der Waals surface area contributed by atoms with E-state index in [1.165, 1.54) is 17.0 Å². The number of nitrogens with zero attached hydrogens (tertiary/aromatic N) is 2. The molecule has 0 spiro atoms. The summed E-state index contributed by atoms with van der Waals surface area (Å²) in [6, 6.07) is 8.24. The minimum Gasteiger partial charge on any atom is -0.333 e. The van der Waals surface area contributed by atoms with Crippen molar-refractivity contribution in [2.24, 2.45) is 0 Å². The predicted octanol–water partition coefficient (Wildman–Crippen LogP) is 5.18. The van der Waals surface area contributed by atoms with Crippen LogP contribution in [0.25, 0.3) is 0 Å². The van der Waals surface area contributed by atoms with Crippen LogP contribution in [-0.2, 0) is 16.0 Å². The van der Waals surface area contributed by atoms with E-state index in [2.05, 4.69) is 25.3 Å². The lowest BCUT2D eigenvalue weighted by Gasteiger charge is -2.37. The Kier molecular flexibility index (Phi) is 8.02. The molecule has 162 valence electrons. The van der Waals surface area contributed by atoms with Gasteiger partial charge in [0.1, 0.15) is 5.82 Å². The fourth-order valence-electron chi connectivity index (χ4n) is 3.97. The summed E-state index contributed by atoms with van der Waals surface area (Å²) in [6.45, 7) is 5.49. The summed E-state index contributed by atoms with van der Waals surface area (Å²) in [5.74, 6) is -0.266.